The van der Waals surface area contributed by atoms with Crippen LogP contribution in [0.2, 0.25) is 0 Å². The zero-order valence-electron chi connectivity index (χ0n) is 20.5. The van der Waals surface area contributed by atoms with Crippen LogP contribution in [-0.4, -0.2) is 65.1 Å². The largest absolute Gasteiger partial charge is 0.375 e. The van der Waals surface area contributed by atoms with Crippen LogP contribution in [-0.2, 0) is 4.74 Å². The van der Waals surface area contributed by atoms with Crippen molar-refractivity contribution in [2.75, 3.05) is 20.2 Å². The predicted octanol–water partition coefficient (Wildman–Crippen LogP) is 4.22. The minimum Gasteiger partial charge on any atom is -0.375 e. The molecule has 0 bridgehead atoms. The topological polar surface area (TPSA) is 84.0 Å². The summed E-state index contributed by atoms with van der Waals surface area (Å²) in [5.41, 5.74) is 0.522. The van der Waals surface area contributed by atoms with Crippen molar-refractivity contribution in [3.05, 3.63) is 70.8 Å². The summed E-state index contributed by atoms with van der Waals surface area (Å²) in [6, 6.07) is 13.6. The van der Waals surface area contributed by atoms with Crippen LogP contribution in [0, 0.1) is 0 Å². The van der Waals surface area contributed by atoms with Crippen LogP contribution in [0.25, 0.3) is 0 Å². The molecule has 0 unspecified atom stereocenters. The molecule has 0 fully saturated rings. The highest BCUT2D eigenvalue weighted by Crippen LogP contribution is 2.26. The third kappa shape index (κ3) is 5.25. The van der Waals surface area contributed by atoms with Crippen LogP contribution in [0.4, 0.5) is 0 Å². The molecular formula is C27H32N2O5. The van der Waals surface area contributed by atoms with Crippen molar-refractivity contribution in [3.63, 3.8) is 0 Å². The fourth-order valence-corrected chi connectivity index (χ4v) is 3.89. The lowest BCUT2D eigenvalue weighted by atomic mass is 9.96. The van der Waals surface area contributed by atoms with Crippen LogP contribution in [0.1, 0.15) is 82.0 Å². The third-order valence-electron chi connectivity index (χ3n) is 6.55. The van der Waals surface area contributed by atoms with Crippen molar-refractivity contribution in [1.29, 1.82) is 0 Å². The second kappa shape index (κ2) is 9.89. The molecule has 0 radical (unpaired) electrons. The summed E-state index contributed by atoms with van der Waals surface area (Å²) in [6.45, 7) is 8.40. The Morgan fingerprint density at radius 1 is 0.941 bits per heavy atom. The summed E-state index contributed by atoms with van der Waals surface area (Å²) >= 11 is 0. The molecule has 0 saturated heterocycles. The van der Waals surface area contributed by atoms with Crippen LogP contribution < -0.4 is 0 Å². The molecule has 3 rings (SSSR count). The average Bonchev–Trinajstić information content (AvgIpc) is 3.06. The van der Waals surface area contributed by atoms with Gasteiger partial charge in [0.15, 0.2) is 6.29 Å². The Labute approximate surface area is 200 Å². The van der Waals surface area contributed by atoms with Gasteiger partial charge < -0.3 is 9.64 Å². The number of amides is 3. The highest BCUT2D eigenvalue weighted by Gasteiger charge is 2.36. The van der Waals surface area contributed by atoms with Crippen molar-refractivity contribution < 1.29 is 23.9 Å². The van der Waals surface area contributed by atoms with E-state index in [2.05, 4.69) is 0 Å². The molecule has 7 nitrogen and oxygen atoms in total. The fraction of sp³-hybridized carbons (Fsp3) is 0.407. The Bertz CT molecular complexity index is 1070. The second-order valence-electron chi connectivity index (χ2n) is 9.80. The Hall–Kier alpha value is -3.32. The maximum Gasteiger partial charge on any atom is 0.261 e. The number of imide groups is 1. The highest BCUT2D eigenvalue weighted by molar-refractivity contribution is 6.21. The van der Waals surface area contributed by atoms with Gasteiger partial charge in [-0.1, -0.05) is 30.3 Å². The molecule has 3 amide bonds. The molecule has 0 atom stereocenters. The van der Waals surface area contributed by atoms with Gasteiger partial charge in [0.1, 0.15) is 0 Å². The minimum atomic E-state index is -0.571. The Morgan fingerprint density at radius 2 is 1.50 bits per heavy atom. The number of nitrogens with zero attached hydrogens (tertiary/aromatic N) is 2. The number of hydrogen-bond acceptors (Lipinski definition) is 5. The van der Waals surface area contributed by atoms with Gasteiger partial charge in [0.05, 0.1) is 22.3 Å². The molecule has 0 spiro atoms. The molecule has 34 heavy (non-hydrogen) atoms. The smallest absolute Gasteiger partial charge is 0.261 e. The Balaban J connectivity index is 1.54. The number of ether oxygens (including phenoxy) is 1. The van der Waals surface area contributed by atoms with Gasteiger partial charge in [0, 0.05) is 31.3 Å². The van der Waals surface area contributed by atoms with Crippen molar-refractivity contribution in [2.24, 2.45) is 0 Å². The van der Waals surface area contributed by atoms with Crippen molar-refractivity contribution in [1.82, 2.24) is 9.80 Å². The SMILES string of the molecule is CN(C(=O)c1ccccc1C=O)C(C)(C)CCOC(C)(C)CCN1C(=O)c2ccccc2C1=O. The van der Waals surface area contributed by atoms with E-state index < -0.39 is 11.1 Å². The molecule has 0 aliphatic carbocycles. The van der Waals surface area contributed by atoms with Gasteiger partial charge in [0.25, 0.3) is 17.7 Å². The lowest BCUT2D eigenvalue weighted by Gasteiger charge is -2.37. The van der Waals surface area contributed by atoms with Gasteiger partial charge in [-0.15, -0.1) is 0 Å². The van der Waals surface area contributed by atoms with Gasteiger partial charge in [0.2, 0.25) is 0 Å². The Kier molecular flexibility index (Phi) is 7.36. The minimum absolute atomic E-state index is 0.224. The molecule has 2 aromatic carbocycles. The lowest BCUT2D eigenvalue weighted by Crippen LogP contribution is -2.46. The molecule has 7 heteroatoms. The molecule has 0 saturated carbocycles. The number of fused-ring (bicyclic) bond motifs is 1. The molecule has 1 aliphatic heterocycles. The maximum atomic E-state index is 13.0. The second-order valence-corrected chi connectivity index (χ2v) is 9.80. The van der Waals surface area contributed by atoms with Gasteiger partial charge in [-0.2, -0.15) is 0 Å². The number of rotatable bonds is 10. The first-order chi connectivity index (χ1) is 16.0. The first kappa shape index (κ1) is 25.3. The lowest BCUT2D eigenvalue weighted by molar-refractivity contribution is -0.0392. The number of carbonyl (C=O) groups is 4. The zero-order chi connectivity index (χ0) is 25.1. The zero-order valence-corrected chi connectivity index (χ0v) is 20.5. The van der Waals surface area contributed by atoms with E-state index in [1.165, 1.54) is 4.90 Å². The van der Waals surface area contributed by atoms with E-state index in [4.69, 9.17) is 4.74 Å². The van der Waals surface area contributed by atoms with Gasteiger partial charge >= 0.3 is 0 Å². The molecule has 1 heterocycles. The molecule has 0 N–H and O–H groups in total. The summed E-state index contributed by atoms with van der Waals surface area (Å²) in [5.74, 6) is -0.765. The van der Waals surface area contributed by atoms with E-state index in [9.17, 15) is 19.2 Å². The van der Waals surface area contributed by atoms with Gasteiger partial charge in [-0.25, -0.2) is 0 Å². The van der Waals surface area contributed by atoms with Crippen LogP contribution >= 0.6 is 0 Å². The summed E-state index contributed by atoms with van der Waals surface area (Å²) in [6.07, 6.45) is 1.74. The van der Waals surface area contributed by atoms with E-state index in [0.717, 1.165) is 0 Å². The number of carbonyl (C=O) groups excluding carboxylic acids is 4. The van der Waals surface area contributed by atoms with E-state index in [1.54, 1.807) is 60.5 Å². The van der Waals surface area contributed by atoms with E-state index >= 15 is 0 Å². The summed E-state index contributed by atoms with van der Waals surface area (Å²) in [7, 11) is 1.72. The number of hydrogen-bond donors (Lipinski definition) is 0. The van der Waals surface area contributed by atoms with Gasteiger partial charge in [-0.3, -0.25) is 24.1 Å². The number of aldehydes is 1. The summed E-state index contributed by atoms with van der Waals surface area (Å²) < 4.78 is 6.11. The van der Waals surface area contributed by atoms with E-state index in [-0.39, 0.29) is 24.3 Å². The standard InChI is InChI=1S/C27H32N2O5/c1-26(2,28(5)23(31)20-11-7-6-10-19(20)18-30)15-17-34-27(3,4)14-16-29-24(32)21-12-8-9-13-22(21)25(29)33/h6-13,18H,14-17H2,1-5H3. The number of benzene rings is 2. The first-order valence-electron chi connectivity index (χ1n) is 11.4. The maximum absolute atomic E-state index is 13.0. The highest BCUT2D eigenvalue weighted by atomic mass is 16.5. The molecule has 2 aromatic rings. The van der Waals surface area contributed by atoms with Crippen molar-refractivity contribution in [2.45, 2.75) is 51.7 Å². The van der Waals surface area contributed by atoms with Crippen LogP contribution in [0.3, 0.4) is 0 Å². The quantitative estimate of drug-likeness (QED) is 0.388. The van der Waals surface area contributed by atoms with Crippen molar-refractivity contribution >= 4 is 24.0 Å². The first-order valence-corrected chi connectivity index (χ1v) is 11.4. The van der Waals surface area contributed by atoms with Crippen LogP contribution in [0.5, 0.6) is 0 Å². The molecule has 180 valence electrons. The Morgan fingerprint density at radius 3 is 2.09 bits per heavy atom. The monoisotopic (exact) mass is 464 g/mol. The summed E-state index contributed by atoms with van der Waals surface area (Å²) in [5, 5.41) is 0. The van der Waals surface area contributed by atoms with Gasteiger partial charge in [-0.05, 0) is 58.7 Å². The van der Waals surface area contributed by atoms with Crippen molar-refractivity contribution in [3.8, 4) is 0 Å². The van der Waals surface area contributed by atoms with Crippen LogP contribution in [0.15, 0.2) is 48.5 Å². The molecular weight excluding hydrogens is 432 g/mol. The normalized spacial score (nSPS) is 13.7. The molecule has 0 aromatic heterocycles. The third-order valence-corrected chi connectivity index (χ3v) is 6.55. The predicted molar refractivity (Wildman–Crippen MR) is 129 cm³/mol. The summed E-state index contributed by atoms with van der Waals surface area (Å²) in [4.78, 5) is 52.4. The van der Waals surface area contributed by atoms with E-state index in [0.29, 0.717) is 48.0 Å². The fourth-order valence-electron chi connectivity index (χ4n) is 3.89. The van der Waals surface area contributed by atoms with E-state index in [1.807, 2.05) is 27.7 Å². The molecule has 1 aliphatic rings. The average molecular weight is 465 g/mol.